The molecule has 148 valence electrons. The number of rotatable bonds is 4. The van der Waals surface area contributed by atoms with Crippen molar-refractivity contribution in [3.8, 4) is 0 Å². The van der Waals surface area contributed by atoms with E-state index in [-0.39, 0.29) is 17.7 Å². The summed E-state index contributed by atoms with van der Waals surface area (Å²) in [7, 11) is 0. The van der Waals surface area contributed by atoms with Gasteiger partial charge in [0.1, 0.15) is 0 Å². The first-order valence-electron chi connectivity index (χ1n) is 10.5. The van der Waals surface area contributed by atoms with E-state index in [2.05, 4.69) is 10.2 Å². The second-order valence-corrected chi connectivity index (χ2v) is 9.08. The summed E-state index contributed by atoms with van der Waals surface area (Å²) in [5, 5.41) is 4.34. The Morgan fingerprint density at radius 1 is 1.15 bits per heavy atom. The molecular formula is C20H30N4O2S. The lowest BCUT2D eigenvalue weighted by molar-refractivity contribution is -0.131. The molecule has 1 aliphatic heterocycles. The number of amides is 2. The fourth-order valence-electron chi connectivity index (χ4n) is 4.48. The molecule has 0 bridgehead atoms. The second-order valence-electron chi connectivity index (χ2n) is 8.02. The summed E-state index contributed by atoms with van der Waals surface area (Å²) in [6, 6.07) is 0.401. The van der Waals surface area contributed by atoms with Gasteiger partial charge in [-0.1, -0.05) is 19.8 Å². The third-order valence-electron chi connectivity index (χ3n) is 6.21. The van der Waals surface area contributed by atoms with Crippen LogP contribution in [0.1, 0.15) is 56.0 Å². The van der Waals surface area contributed by atoms with Crippen LogP contribution >= 0.6 is 11.3 Å². The fourth-order valence-corrected chi connectivity index (χ4v) is 5.72. The zero-order chi connectivity index (χ0) is 18.8. The molecule has 0 aromatic carbocycles. The molecule has 0 radical (unpaired) electrons. The lowest BCUT2D eigenvalue weighted by Gasteiger charge is -2.34. The van der Waals surface area contributed by atoms with E-state index >= 15 is 0 Å². The smallest absolute Gasteiger partial charge is 0.223 e. The van der Waals surface area contributed by atoms with Crippen molar-refractivity contribution in [1.29, 1.82) is 0 Å². The Hall–Kier alpha value is -1.63. The lowest BCUT2D eigenvalue weighted by Crippen LogP contribution is -2.48. The summed E-state index contributed by atoms with van der Waals surface area (Å²) in [5.74, 6) is 0.587. The Balaban J connectivity index is 1.35. The van der Waals surface area contributed by atoms with Crippen LogP contribution in [0.3, 0.4) is 0 Å². The molecule has 4 rings (SSSR count). The molecule has 1 saturated heterocycles. The molecule has 2 amide bonds. The highest BCUT2D eigenvalue weighted by atomic mass is 32.1. The predicted molar refractivity (Wildman–Crippen MR) is 107 cm³/mol. The number of thiazole rings is 1. The minimum Gasteiger partial charge on any atom is -0.353 e. The largest absolute Gasteiger partial charge is 0.353 e. The van der Waals surface area contributed by atoms with Crippen LogP contribution in [0.5, 0.6) is 0 Å². The number of piperazine rings is 1. The zero-order valence-corrected chi connectivity index (χ0v) is 17.0. The van der Waals surface area contributed by atoms with Gasteiger partial charge in [-0.25, -0.2) is 4.98 Å². The molecule has 0 unspecified atom stereocenters. The van der Waals surface area contributed by atoms with Gasteiger partial charge >= 0.3 is 0 Å². The molecule has 2 fully saturated rings. The average molecular weight is 391 g/mol. The number of aromatic nitrogens is 1. The van der Waals surface area contributed by atoms with Crippen molar-refractivity contribution >= 4 is 28.3 Å². The van der Waals surface area contributed by atoms with Crippen molar-refractivity contribution in [3.63, 3.8) is 0 Å². The fraction of sp³-hybridized carbons (Fsp3) is 0.750. The van der Waals surface area contributed by atoms with Crippen molar-refractivity contribution in [3.05, 3.63) is 10.6 Å². The van der Waals surface area contributed by atoms with E-state index in [1.54, 1.807) is 11.3 Å². The molecule has 3 aliphatic rings. The van der Waals surface area contributed by atoms with Gasteiger partial charge in [0.25, 0.3) is 0 Å². The van der Waals surface area contributed by atoms with Crippen LogP contribution in [0.15, 0.2) is 0 Å². The predicted octanol–water partition coefficient (Wildman–Crippen LogP) is 2.37. The van der Waals surface area contributed by atoms with E-state index in [0.717, 1.165) is 63.4 Å². The Labute approximate surface area is 165 Å². The highest BCUT2D eigenvalue weighted by molar-refractivity contribution is 7.15. The summed E-state index contributed by atoms with van der Waals surface area (Å²) >= 11 is 1.75. The maximum atomic E-state index is 12.6. The van der Waals surface area contributed by atoms with E-state index in [9.17, 15) is 9.59 Å². The molecule has 1 saturated carbocycles. The first-order valence-corrected chi connectivity index (χ1v) is 11.3. The number of aryl methyl sites for hydroxylation is 1. The standard InChI is InChI=1S/C20H30N4O2S/c1-2-18(25)23-9-11-24(12-10-23)20-22-16-8-7-14(13-17(16)27-20)19(26)21-15-5-3-4-6-15/h14-15H,2-13H2,1H3,(H,21,26)/t14-/m1/s1. The van der Waals surface area contributed by atoms with Gasteiger partial charge in [-0.3, -0.25) is 9.59 Å². The van der Waals surface area contributed by atoms with Crippen molar-refractivity contribution in [1.82, 2.24) is 15.2 Å². The van der Waals surface area contributed by atoms with Gasteiger partial charge in [0, 0.05) is 49.4 Å². The normalized spacial score (nSPS) is 23.4. The highest BCUT2D eigenvalue weighted by Crippen LogP contribution is 2.34. The first-order chi connectivity index (χ1) is 13.1. The molecule has 7 heteroatoms. The molecule has 1 aromatic rings. The number of carbonyl (C=O) groups is 2. The van der Waals surface area contributed by atoms with E-state index in [1.807, 2.05) is 11.8 Å². The third-order valence-corrected chi connectivity index (χ3v) is 7.39. The van der Waals surface area contributed by atoms with Crippen molar-refractivity contribution < 1.29 is 9.59 Å². The maximum Gasteiger partial charge on any atom is 0.223 e. The summed E-state index contributed by atoms with van der Waals surface area (Å²) in [5.41, 5.74) is 1.19. The van der Waals surface area contributed by atoms with Gasteiger partial charge in [-0.2, -0.15) is 0 Å². The summed E-state index contributed by atoms with van der Waals surface area (Å²) in [6.45, 7) is 5.18. The molecule has 2 aliphatic carbocycles. The van der Waals surface area contributed by atoms with Gasteiger partial charge in [0.05, 0.1) is 5.69 Å². The molecule has 27 heavy (non-hydrogen) atoms. The number of nitrogens with zero attached hydrogens (tertiary/aromatic N) is 3. The second kappa shape index (κ2) is 8.17. The SMILES string of the molecule is CCC(=O)N1CCN(c2nc3c(s2)C[C@H](C(=O)NC2CCCC2)CC3)CC1. The van der Waals surface area contributed by atoms with Crippen molar-refractivity contribution in [2.24, 2.45) is 5.92 Å². The average Bonchev–Trinajstić information content (AvgIpc) is 3.36. The van der Waals surface area contributed by atoms with Crippen LogP contribution in [0.2, 0.25) is 0 Å². The maximum absolute atomic E-state index is 12.6. The Kier molecular flexibility index (Phi) is 5.66. The summed E-state index contributed by atoms with van der Waals surface area (Å²) < 4.78 is 0. The van der Waals surface area contributed by atoms with Crippen molar-refractivity contribution in [2.45, 2.75) is 64.3 Å². The van der Waals surface area contributed by atoms with E-state index in [4.69, 9.17) is 4.98 Å². The molecule has 1 N–H and O–H groups in total. The monoisotopic (exact) mass is 390 g/mol. The van der Waals surface area contributed by atoms with Crippen LogP contribution in [-0.2, 0) is 22.4 Å². The number of carbonyl (C=O) groups excluding carboxylic acids is 2. The van der Waals surface area contributed by atoms with E-state index in [0.29, 0.717) is 12.5 Å². The van der Waals surface area contributed by atoms with Crippen LogP contribution in [0, 0.1) is 5.92 Å². The lowest BCUT2D eigenvalue weighted by atomic mass is 9.90. The number of anilines is 1. The van der Waals surface area contributed by atoms with Gasteiger partial charge in [-0.15, -0.1) is 11.3 Å². The number of nitrogens with one attached hydrogen (secondary N) is 1. The molecule has 1 aromatic heterocycles. The van der Waals surface area contributed by atoms with Gasteiger partial charge < -0.3 is 15.1 Å². The van der Waals surface area contributed by atoms with E-state index < -0.39 is 0 Å². The van der Waals surface area contributed by atoms with Crippen molar-refractivity contribution in [2.75, 3.05) is 31.1 Å². The molecule has 6 nitrogen and oxygen atoms in total. The molecule has 1 atom stereocenters. The Morgan fingerprint density at radius 3 is 2.59 bits per heavy atom. The zero-order valence-electron chi connectivity index (χ0n) is 16.2. The van der Waals surface area contributed by atoms with Gasteiger partial charge in [0.15, 0.2) is 5.13 Å². The van der Waals surface area contributed by atoms with Crippen LogP contribution < -0.4 is 10.2 Å². The van der Waals surface area contributed by atoms with Crippen LogP contribution in [0.4, 0.5) is 5.13 Å². The summed E-state index contributed by atoms with van der Waals surface area (Å²) in [6.07, 6.45) is 8.00. The van der Waals surface area contributed by atoms with E-state index in [1.165, 1.54) is 23.4 Å². The number of hydrogen-bond donors (Lipinski definition) is 1. The molecular weight excluding hydrogens is 360 g/mol. The Bertz CT molecular complexity index is 690. The molecule has 2 heterocycles. The minimum atomic E-state index is 0.102. The number of hydrogen-bond acceptors (Lipinski definition) is 5. The quantitative estimate of drug-likeness (QED) is 0.857. The molecule has 0 spiro atoms. The first kappa shape index (κ1) is 18.7. The minimum absolute atomic E-state index is 0.102. The summed E-state index contributed by atoms with van der Waals surface area (Å²) in [4.78, 5) is 34.9. The highest BCUT2D eigenvalue weighted by Gasteiger charge is 2.31. The topological polar surface area (TPSA) is 65.5 Å². The van der Waals surface area contributed by atoms with Crippen LogP contribution in [-0.4, -0.2) is 53.9 Å². The Morgan fingerprint density at radius 2 is 1.89 bits per heavy atom. The van der Waals surface area contributed by atoms with Crippen LogP contribution in [0.25, 0.3) is 0 Å². The third kappa shape index (κ3) is 4.13. The van der Waals surface area contributed by atoms with Gasteiger partial charge in [-0.05, 0) is 32.1 Å². The number of fused-ring (bicyclic) bond motifs is 1. The van der Waals surface area contributed by atoms with Gasteiger partial charge in [0.2, 0.25) is 11.8 Å².